The second-order valence-electron chi connectivity index (χ2n) is 6.17. The van der Waals surface area contributed by atoms with Crippen molar-refractivity contribution in [2.24, 2.45) is 0 Å². The maximum Gasteiger partial charge on any atom is 0.416 e. The van der Waals surface area contributed by atoms with Crippen molar-refractivity contribution >= 4 is 22.5 Å². The Hall–Kier alpha value is -3.02. The van der Waals surface area contributed by atoms with E-state index < -0.39 is 11.7 Å². The Balaban J connectivity index is 2.01. The summed E-state index contributed by atoms with van der Waals surface area (Å²) in [5, 5.41) is 3.63. The van der Waals surface area contributed by atoms with Crippen LogP contribution in [0, 0.1) is 6.92 Å². The molecule has 0 aliphatic carbocycles. The van der Waals surface area contributed by atoms with Gasteiger partial charge in [-0.1, -0.05) is 6.58 Å². The number of rotatable bonds is 3. The summed E-state index contributed by atoms with van der Waals surface area (Å²) in [6, 6.07) is 12.4. The highest BCUT2D eigenvalue weighted by Gasteiger charge is 2.30. The van der Waals surface area contributed by atoms with Crippen molar-refractivity contribution in [3.05, 3.63) is 71.9 Å². The average molecular weight is 358 g/mol. The molecule has 6 heteroatoms. The number of alkyl halides is 3. The van der Waals surface area contributed by atoms with Gasteiger partial charge in [0.2, 0.25) is 0 Å². The molecule has 0 aliphatic heterocycles. The number of benzene rings is 2. The zero-order valence-electron chi connectivity index (χ0n) is 14.3. The van der Waals surface area contributed by atoms with E-state index in [0.29, 0.717) is 16.9 Å². The number of hydrogen-bond acceptors (Lipinski definition) is 1. The summed E-state index contributed by atoms with van der Waals surface area (Å²) in [5.74, 6) is -0.261. The predicted octanol–water partition coefficient (Wildman–Crippen LogP) is 5.47. The van der Waals surface area contributed by atoms with Gasteiger partial charge >= 0.3 is 6.18 Å². The van der Waals surface area contributed by atoms with Gasteiger partial charge in [0.15, 0.2) is 0 Å². The normalized spacial score (nSPS) is 11.6. The van der Waals surface area contributed by atoms with Crippen LogP contribution >= 0.6 is 0 Å². The number of fused-ring (bicyclic) bond motifs is 1. The van der Waals surface area contributed by atoms with Crippen molar-refractivity contribution in [3.8, 4) is 5.69 Å². The minimum atomic E-state index is -4.36. The Kier molecular flexibility index (Phi) is 4.36. The van der Waals surface area contributed by atoms with Crippen LogP contribution in [-0.4, -0.2) is 10.5 Å². The summed E-state index contributed by atoms with van der Waals surface area (Å²) in [4.78, 5) is 11.7. The van der Waals surface area contributed by atoms with E-state index in [1.165, 1.54) is 12.1 Å². The number of nitrogens with one attached hydrogen (secondary N) is 1. The number of aryl methyl sites for hydroxylation is 1. The topological polar surface area (TPSA) is 34.0 Å². The van der Waals surface area contributed by atoms with Gasteiger partial charge in [-0.15, -0.1) is 0 Å². The smallest absolute Gasteiger partial charge is 0.322 e. The van der Waals surface area contributed by atoms with Crippen LogP contribution < -0.4 is 5.32 Å². The average Bonchev–Trinajstić information content (AvgIpc) is 2.89. The Bertz CT molecular complexity index is 998. The van der Waals surface area contributed by atoms with Crippen LogP contribution in [0.5, 0.6) is 0 Å². The first-order chi connectivity index (χ1) is 12.2. The number of aromatic nitrogens is 1. The predicted molar refractivity (Wildman–Crippen MR) is 96.5 cm³/mol. The summed E-state index contributed by atoms with van der Waals surface area (Å²) in [7, 11) is 0. The lowest BCUT2D eigenvalue weighted by Gasteiger charge is -2.11. The lowest BCUT2D eigenvalue weighted by atomic mass is 10.2. The van der Waals surface area contributed by atoms with E-state index in [-0.39, 0.29) is 5.91 Å². The molecule has 26 heavy (non-hydrogen) atoms. The Morgan fingerprint density at radius 2 is 1.73 bits per heavy atom. The minimum absolute atomic E-state index is 0.261. The Morgan fingerprint density at radius 3 is 2.31 bits per heavy atom. The molecule has 3 aromatic rings. The molecule has 3 rings (SSSR count). The molecular weight excluding hydrogens is 341 g/mol. The first-order valence-corrected chi connectivity index (χ1v) is 7.93. The minimum Gasteiger partial charge on any atom is -0.322 e. The van der Waals surface area contributed by atoms with E-state index >= 15 is 0 Å². The lowest BCUT2D eigenvalue weighted by Crippen LogP contribution is -2.11. The summed E-state index contributed by atoms with van der Waals surface area (Å²) in [6.45, 7) is 7.10. The van der Waals surface area contributed by atoms with Crippen LogP contribution in [0.3, 0.4) is 0 Å². The number of anilines is 1. The third kappa shape index (κ3) is 3.35. The van der Waals surface area contributed by atoms with Crippen LogP contribution in [0.15, 0.2) is 60.7 Å². The molecule has 0 fully saturated rings. The molecule has 0 aliphatic rings. The van der Waals surface area contributed by atoms with Crippen molar-refractivity contribution < 1.29 is 18.0 Å². The van der Waals surface area contributed by atoms with Gasteiger partial charge in [-0.05, 0) is 62.4 Å². The van der Waals surface area contributed by atoms with Crippen LogP contribution in [-0.2, 0) is 11.0 Å². The summed E-state index contributed by atoms with van der Waals surface area (Å²) in [5.41, 5.74) is 2.72. The van der Waals surface area contributed by atoms with Crippen LogP contribution in [0.2, 0.25) is 0 Å². The van der Waals surface area contributed by atoms with Crippen molar-refractivity contribution in [2.45, 2.75) is 20.0 Å². The largest absolute Gasteiger partial charge is 0.416 e. The third-order valence-corrected chi connectivity index (χ3v) is 4.08. The van der Waals surface area contributed by atoms with Crippen molar-refractivity contribution in [1.82, 2.24) is 4.57 Å². The van der Waals surface area contributed by atoms with E-state index in [9.17, 15) is 18.0 Å². The maximum absolute atomic E-state index is 12.8. The highest BCUT2D eigenvalue weighted by molar-refractivity contribution is 6.03. The second kappa shape index (κ2) is 6.37. The zero-order chi connectivity index (χ0) is 19.1. The maximum atomic E-state index is 12.8. The molecule has 1 heterocycles. The molecule has 134 valence electrons. The third-order valence-electron chi connectivity index (χ3n) is 4.08. The Morgan fingerprint density at radius 1 is 1.08 bits per heavy atom. The Labute approximate surface area is 148 Å². The molecular formula is C20H17F3N2O. The highest BCUT2D eigenvalue weighted by atomic mass is 19.4. The van der Waals surface area contributed by atoms with E-state index in [1.54, 1.807) is 13.0 Å². The van der Waals surface area contributed by atoms with E-state index in [2.05, 4.69) is 11.9 Å². The van der Waals surface area contributed by atoms with Gasteiger partial charge in [0.05, 0.1) is 11.1 Å². The van der Waals surface area contributed by atoms with Gasteiger partial charge in [0.1, 0.15) is 0 Å². The summed E-state index contributed by atoms with van der Waals surface area (Å²) >= 11 is 0. The molecule has 1 aromatic heterocycles. The molecule has 0 atom stereocenters. The van der Waals surface area contributed by atoms with Gasteiger partial charge in [0, 0.05) is 28.0 Å². The number of carbonyl (C=O) groups is 1. The molecule has 0 bridgehead atoms. The summed E-state index contributed by atoms with van der Waals surface area (Å²) in [6.07, 6.45) is -4.36. The van der Waals surface area contributed by atoms with Crippen molar-refractivity contribution in [3.63, 3.8) is 0 Å². The fourth-order valence-corrected chi connectivity index (χ4v) is 2.81. The van der Waals surface area contributed by atoms with Gasteiger partial charge in [-0.25, -0.2) is 0 Å². The fourth-order valence-electron chi connectivity index (χ4n) is 2.81. The highest BCUT2D eigenvalue weighted by Crippen LogP contribution is 2.31. The fraction of sp³-hybridized carbons (Fsp3) is 0.150. The number of hydrogen-bond donors (Lipinski definition) is 1. The zero-order valence-corrected chi connectivity index (χ0v) is 14.3. The summed E-state index contributed by atoms with van der Waals surface area (Å²) < 4.78 is 40.1. The molecule has 0 unspecified atom stereocenters. The van der Waals surface area contributed by atoms with Gasteiger partial charge in [-0.2, -0.15) is 13.2 Å². The quantitative estimate of drug-likeness (QED) is 0.619. The lowest BCUT2D eigenvalue weighted by molar-refractivity contribution is -0.137. The molecule has 0 saturated heterocycles. The molecule has 1 N–H and O–H groups in total. The molecule has 2 aromatic carbocycles. The second-order valence-corrected chi connectivity index (χ2v) is 6.17. The number of amides is 1. The van der Waals surface area contributed by atoms with Gasteiger partial charge < -0.3 is 9.88 Å². The van der Waals surface area contributed by atoms with E-state index in [0.717, 1.165) is 28.7 Å². The van der Waals surface area contributed by atoms with Crippen LogP contribution in [0.1, 0.15) is 18.2 Å². The molecule has 1 amide bonds. The molecule has 0 spiro atoms. The number of halogens is 3. The monoisotopic (exact) mass is 358 g/mol. The van der Waals surface area contributed by atoms with Gasteiger partial charge in [-0.3, -0.25) is 4.79 Å². The number of nitrogens with zero attached hydrogens (tertiary/aromatic N) is 1. The van der Waals surface area contributed by atoms with E-state index in [4.69, 9.17) is 0 Å². The van der Waals surface area contributed by atoms with Crippen molar-refractivity contribution in [1.29, 1.82) is 0 Å². The molecule has 0 saturated carbocycles. The van der Waals surface area contributed by atoms with Crippen molar-refractivity contribution in [2.75, 3.05) is 5.32 Å². The van der Waals surface area contributed by atoms with E-state index in [1.807, 2.05) is 29.7 Å². The SMILES string of the molecule is C=C(C)C(=O)Nc1ccc2c(c1)cc(C)n2-c1ccc(C(F)(F)F)cc1. The molecule has 3 nitrogen and oxygen atoms in total. The van der Waals surface area contributed by atoms with Gasteiger partial charge in [0.25, 0.3) is 5.91 Å². The first-order valence-electron chi connectivity index (χ1n) is 7.93. The number of carbonyl (C=O) groups excluding carboxylic acids is 1. The first kappa shape index (κ1) is 17.8. The van der Waals surface area contributed by atoms with Crippen LogP contribution in [0.4, 0.5) is 18.9 Å². The molecule has 0 radical (unpaired) electrons. The van der Waals surface area contributed by atoms with Crippen LogP contribution in [0.25, 0.3) is 16.6 Å². The standard InChI is InChI=1S/C20H17F3N2O/c1-12(2)19(26)24-16-6-9-18-14(11-16)10-13(3)25(18)17-7-4-15(5-8-17)20(21,22)23/h4-11H,1H2,2-3H3,(H,24,26).